The average Bonchev–Trinajstić information content (AvgIpc) is 2.93. The molecule has 3 rings (SSSR count). The molecule has 2 aromatic rings. The number of likely N-dealkylation sites (tertiary alicyclic amines) is 1. The van der Waals surface area contributed by atoms with Crippen molar-refractivity contribution in [2.24, 2.45) is 5.92 Å². The van der Waals surface area contributed by atoms with Crippen molar-refractivity contribution < 1.29 is 9.90 Å². The molecule has 1 aliphatic heterocycles. The van der Waals surface area contributed by atoms with Crippen molar-refractivity contribution in [2.45, 2.75) is 12.5 Å². The maximum absolute atomic E-state index is 11.5. The molecular weight excluding hydrogens is 335 g/mol. The van der Waals surface area contributed by atoms with Gasteiger partial charge in [-0.1, -0.05) is 30.3 Å². The quantitative estimate of drug-likeness (QED) is 0.915. The van der Waals surface area contributed by atoms with Crippen LogP contribution in [-0.2, 0) is 11.3 Å². The summed E-state index contributed by atoms with van der Waals surface area (Å²) in [6.45, 7) is 2.17. The van der Waals surface area contributed by atoms with Gasteiger partial charge in [0.2, 0.25) is 0 Å². The molecule has 1 fully saturated rings. The van der Waals surface area contributed by atoms with Crippen LogP contribution >= 0.6 is 24.8 Å². The van der Waals surface area contributed by atoms with E-state index in [-0.39, 0.29) is 36.6 Å². The van der Waals surface area contributed by atoms with Gasteiger partial charge in [-0.05, 0) is 23.3 Å². The number of aliphatic carboxylic acids is 1. The fourth-order valence-electron chi connectivity index (χ4n) is 3.05. The Morgan fingerprint density at radius 3 is 2.35 bits per heavy atom. The highest BCUT2D eigenvalue weighted by Gasteiger charge is 2.38. The van der Waals surface area contributed by atoms with Crippen LogP contribution in [0.3, 0.4) is 0 Å². The standard InChI is InChI=1S/C17H18N2O2.2ClH/c20-17(21)16-12-19(10-13-4-2-1-3-5-13)11-15(16)14-6-8-18-9-7-14;;/h1-9,15-16H,10-12H2,(H,20,21);2*1H. The number of pyridine rings is 1. The number of halogens is 2. The highest BCUT2D eigenvalue weighted by molar-refractivity contribution is 5.85. The lowest BCUT2D eigenvalue weighted by Crippen LogP contribution is -2.23. The largest absolute Gasteiger partial charge is 0.481 e. The van der Waals surface area contributed by atoms with E-state index < -0.39 is 5.97 Å². The van der Waals surface area contributed by atoms with Crippen LogP contribution in [0, 0.1) is 5.92 Å². The summed E-state index contributed by atoms with van der Waals surface area (Å²) >= 11 is 0. The molecule has 6 heteroatoms. The van der Waals surface area contributed by atoms with Crippen LogP contribution in [0.4, 0.5) is 0 Å². The normalized spacial score (nSPS) is 20.3. The smallest absolute Gasteiger partial charge is 0.308 e. The van der Waals surface area contributed by atoms with E-state index in [4.69, 9.17) is 0 Å². The second-order valence-corrected chi connectivity index (χ2v) is 5.51. The van der Waals surface area contributed by atoms with Gasteiger partial charge in [-0.3, -0.25) is 14.7 Å². The van der Waals surface area contributed by atoms with Crippen LogP contribution in [0.25, 0.3) is 0 Å². The van der Waals surface area contributed by atoms with Crippen molar-refractivity contribution in [1.29, 1.82) is 0 Å². The Labute approximate surface area is 148 Å². The molecule has 2 heterocycles. The Balaban J connectivity index is 0.00000132. The molecule has 0 spiro atoms. The van der Waals surface area contributed by atoms with Crippen molar-refractivity contribution in [3.8, 4) is 0 Å². The summed E-state index contributed by atoms with van der Waals surface area (Å²) in [6, 6.07) is 14.0. The number of rotatable bonds is 4. The number of hydrogen-bond acceptors (Lipinski definition) is 3. The van der Waals surface area contributed by atoms with Crippen molar-refractivity contribution in [1.82, 2.24) is 9.88 Å². The average molecular weight is 355 g/mol. The van der Waals surface area contributed by atoms with Gasteiger partial charge in [-0.15, -0.1) is 24.8 Å². The minimum atomic E-state index is -0.715. The van der Waals surface area contributed by atoms with Gasteiger partial charge in [0.1, 0.15) is 0 Å². The first-order valence-corrected chi connectivity index (χ1v) is 7.13. The molecule has 1 aromatic carbocycles. The molecule has 124 valence electrons. The zero-order valence-electron chi connectivity index (χ0n) is 12.5. The second-order valence-electron chi connectivity index (χ2n) is 5.51. The number of carboxylic acid groups (broad SMARTS) is 1. The molecular formula is C17H20Cl2N2O2. The van der Waals surface area contributed by atoms with E-state index in [1.165, 1.54) is 5.56 Å². The minimum absolute atomic E-state index is 0. The summed E-state index contributed by atoms with van der Waals surface area (Å²) in [5.74, 6) is -1.03. The Bertz CT molecular complexity index is 611. The first-order valence-electron chi connectivity index (χ1n) is 7.13. The Morgan fingerprint density at radius 1 is 1.09 bits per heavy atom. The summed E-state index contributed by atoms with van der Waals surface area (Å²) in [6.07, 6.45) is 3.46. The Hall–Kier alpha value is -1.62. The van der Waals surface area contributed by atoms with E-state index in [9.17, 15) is 9.90 Å². The van der Waals surface area contributed by atoms with Gasteiger partial charge in [-0.25, -0.2) is 0 Å². The lowest BCUT2D eigenvalue weighted by molar-refractivity contribution is -0.141. The molecule has 1 saturated heterocycles. The van der Waals surface area contributed by atoms with Crippen molar-refractivity contribution in [3.05, 3.63) is 66.0 Å². The topological polar surface area (TPSA) is 53.4 Å². The summed E-state index contributed by atoms with van der Waals surface area (Å²) in [5.41, 5.74) is 2.28. The van der Waals surface area contributed by atoms with Crippen LogP contribution in [0.1, 0.15) is 17.0 Å². The van der Waals surface area contributed by atoms with Gasteiger partial charge in [0.25, 0.3) is 0 Å². The Kier molecular flexibility index (Phi) is 7.49. The zero-order chi connectivity index (χ0) is 14.7. The predicted octanol–water partition coefficient (Wildman–Crippen LogP) is 3.23. The predicted molar refractivity (Wildman–Crippen MR) is 94.3 cm³/mol. The number of benzene rings is 1. The van der Waals surface area contributed by atoms with Gasteiger partial charge >= 0.3 is 5.97 Å². The summed E-state index contributed by atoms with van der Waals surface area (Å²) in [5, 5.41) is 9.49. The third-order valence-electron chi connectivity index (χ3n) is 4.10. The van der Waals surface area contributed by atoms with E-state index in [0.29, 0.717) is 6.54 Å². The summed E-state index contributed by atoms with van der Waals surface area (Å²) < 4.78 is 0. The number of nitrogens with zero attached hydrogens (tertiary/aromatic N) is 2. The van der Waals surface area contributed by atoms with E-state index >= 15 is 0 Å². The second kappa shape index (κ2) is 8.87. The van der Waals surface area contributed by atoms with Gasteiger partial charge in [0.15, 0.2) is 0 Å². The van der Waals surface area contributed by atoms with Gasteiger partial charge in [0, 0.05) is 37.9 Å². The number of carbonyl (C=O) groups is 1. The fourth-order valence-corrected chi connectivity index (χ4v) is 3.05. The van der Waals surface area contributed by atoms with Crippen LogP contribution < -0.4 is 0 Å². The molecule has 0 amide bonds. The molecule has 1 N–H and O–H groups in total. The first-order chi connectivity index (χ1) is 10.2. The molecule has 1 aromatic heterocycles. The summed E-state index contributed by atoms with van der Waals surface area (Å²) in [7, 11) is 0. The third-order valence-corrected chi connectivity index (χ3v) is 4.10. The molecule has 0 radical (unpaired) electrons. The van der Waals surface area contributed by atoms with Crippen LogP contribution in [0.2, 0.25) is 0 Å². The van der Waals surface area contributed by atoms with Gasteiger partial charge in [-0.2, -0.15) is 0 Å². The van der Waals surface area contributed by atoms with Crippen molar-refractivity contribution >= 4 is 30.8 Å². The zero-order valence-corrected chi connectivity index (χ0v) is 14.2. The maximum Gasteiger partial charge on any atom is 0.308 e. The number of aromatic nitrogens is 1. The van der Waals surface area contributed by atoms with E-state index in [2.05, 4.69) is 22.0 Å². The summed E-state index contributed by atoms with van der Waals surface area (Å²) in [4.78, 5) is 17.8. The highest BCUT2D eigenvalue weighted by atomic mass is 35.5. The monoisotopic (exact) mass is 354 g/mol. The van der Waals surface area contributed by atoms with Crippen LogP contribution in [0.5, 0.6) is 0 Å². The molecule has 2 atom stereocenters. The molecule has 2 unspecified atom stereocenters. The molecule has 4 nitrogen and oxygen atoms in total. The highest BCUT2D eigenvalue weighted by Crippen LogP contribution is 2.33. The molecule has 0 bridgehead atoms. The van der Waals surface area contributed by atoms with Crippen LogP contribution in [0.15, 0.2) is 54.9 Å². The fraction of sp³-hybridized carbons (Fsp3) is 0.294. The van der Waals surface area contributed by atoms with Crippen molar-refractivity contribution in [3.63, 3.8) is 0 Å². The SMILES string of the molecule is Cl.Cl.O=C(O)C1CN(Cc2ccccc2)CC1c1ccncc1. The van der Waals surface area contributed by atoms with E-state index in [1.807, 2.05) is 30.3 Å². The lowest BCUT2D eigenvalue weighted by Gasteiger charge is -2.16. The lowest BCUT2D eigenvalue weighted by atomic mass is 9.90. The van der Waals surface area contributed by atoms with Gasteiger partial charge < -0.3 is 5.11 Å². The molecule has 1 aliphatic rings. The van der Waals surface area contributed by atoms with Gasteiger partial charge in [0.05, 0.1) is 5.92 Å². The Morgan fingerprint density at radius 2 is 1.74 bits per heavy atom. The molecule has 0 aliphatic carbocycles. The maximum atomic E-state index is 11.5. The third kappa shape index (κ3) is 4.67. The number of carboxylic acids is 1. The minimum Gasteiger partial charge on any atom is -0.481 e. The van der Waals surface area contributed by atoms with Crippen molar-refractivity contribution in [2.75, 3.05) is 13.1 Å². The van der Waals surface area contributed by atoms with E-state index in [1.54, 1.807) is 12.4 Å². The van der Waals surface area contributed by atoms with E-state index in [0.717, 1.165) is 18.7 Å². The molecule has 23 heavy (non-hydrogen) atoms. The molecule has 0 saturated carbocycles. The van der Waals surface area contributed by atoms with Crippen LogP contribution in [-0.4, -0.2) is 34.0 Å². The first kappa shape index (κ1) is 19.4. The number of hydrogen-bond donors (Lipinski definition) is 1.